The highest BCUT2D eigenvalue weighted by Crippen LogP contribution is 2.32. The molecule has 0 aromatic heterocycles. The van der Waals surface area contributed by atoms with Crippen LogP contribution in [0.1, 0.15) is 24.0 Å². The van der Waals surface area contributed by atoms with Crippen LogP contribution >= 0.6 is 0 Å². The molecule has 1 aliphatic heterocycles. The molecule has 1 heterocycles. The molecule has 1 saturated heterocycles. The topological polar surface area (TPSA) is 30.5 Å². The highest BCUT2D eigenvalue weighted by molar-refractivity contribution is 5.82. The number of benzene rings is 2. The molecule has 144 valence electrons. The molecule has 0 unspecified atom stereocenters. The van der Waals surface area contributed by atoms with E-state index in [9.17, 15) is 8.78 Å². The summed E-state index contributed by atoms with van der Waals surface area (Å²) in [5.41, 5.74) is 4.68. The number of hydrogen-bond donors (Lipinski definition) is 1. The smallest absolute Gasteiger partial charge is 0.123 e. The van der Waals surface area contributed by atoms with Gasteiger partial charge in [0.25, 0.3) is 0 Å². The van der Waals surface area contributed by atoms with Crippen molar-refractivity contribution in [2.45, 2.75) is 12.8 Å². The van der Waals surface area contributed by atoms with E-state index in [1.54, 1.807) is 0 Å². The first-order valence-corrected chi connectivity index (χ1v) is 9.33. The van der Waals surface area contributed by atoms with Crippen LogP contribution in [0.25, 0.3) is 5.57 Å². The molecular formula is C22H25F2NO2. The van der Waals surface area contributed by atoms with E-state index < -0.39 is 6.67 Å². The lowest BCUT2D eigenvalue weighted by Gasteiger charge is -2.21. The molecule has 1 aliphatic rings. The van der Waals surface area contributed by atoms with Crippen LogP contribution in [-0.2, 0) is 4.74 Å². The molecule has 0 atom stereocenters. The quantitative estimate of drug-likeness (QED) is 0.697. The van der Waals surface area contributed by atoms with E-state index in [1.165, 1.54) is 23.3 Å². The lowest BCUT2D eigenvalue weighted by Crippen LogP contribution is -2.23. The summed E-state index contributed by atoms with van der Waals surface area (Å²) >= 11 is 0. The fourth-order valence-corrected chi connectivity index (χ4v) is 3.26. The minimum absolute atomic E-state index is 0.103. The SMILES string of the molecule is FCCOCCOc1ccc(C(=C2CCNCC2)c2ccc(F)cc2)cc1. The second kappa shape index (κ2) is 10.2. The number of piperidine rings is 1. The Bertz CT molecular complexity index is 734. The minimum atomic E-state index is -0.481. The van der Waals surface area contributed by atoms with E-state index in [0.717, 1.165) is 42.8 Å². The molecule has 0 saturated carbocycles. The monoisotopic (exact) mass is 373 g/mol. The van der Waals surface area contributed by atoms with E-state index in [2.05, 4.69) is 5.32 Å². The van der Waals surface area contributed by atoms with Crippen molar-refractivity contribution in [2.75, 3.05) is 39.6 Å². The first-order chi connectivity index (χ1) is 13.3. The summed E-state index contributed by atoms with van der Waals surface area (Å²) in [5, 5.41) is 3.38. The molecule has 0 radical (unpaired) electrons. The highest BCUT2D eigenvalue weighted by atomic mass is 19.1. The third kappa shape index (κ3) is 5.62. The molecule has 1 N–H and O–H groups in total. The van der Waals surface area contributed by atoms with Crippen molar-refractivity contribution in [1.82, 2.24) is 5.32 Å². The number of alkyl halides is 1. The fourth-order valence-electron chi connectivity index (χ4n) is 3.26. The maximum Gasteiger partial charge on any atom is 0.123 e. The second-order valence-corrected chi connectivity index (χ2v) is 6.41. The Balaban J connectivity index is 1.77. The van der Waals surface area contributed by atoms with E-state index in [0.29, 0.717) is 13.2 Å². The normalized spacial score (nSPS) is 14.2. The Hall–Kier alpha value is -2.24. The molecule has 0 amide bonds. The number of ether oxygens (including phenoxy) is 2. The van der Waals surface area contributed by atoms with Crippen molar-refractivity contribution in [3.05, 3.63) is 71.0 Å². The van der Waals surface area contributed by atoms with Gasteiger partial charge in [0.15, 0.2) is 0 Å². The molecule has 3 nitrogen and oxygen atoms in total. The first-order valence-electron chi connectivity index (χ1n) is 9.33. The lowest BCUT2D eigenvalue weighted by molar-refractivity contribution is 0.0897. The summed E-state index contributed by atoms with van der Waals surface area (Å²) in [6.45, 7) is 2.29. The Morgan fingerprint density at radius 3 is 2.11 bits per heavy atom. The minimum Gasteiger partial charge on any atom is -0.491 e. The van der Waals surface area contributed by atoms with Gasteiger partial charge in [-0.05, 0) is 66.9 Å². The van der Waals surface area contributed by atoms with Gasteiger partial charge < -0.3 is 14.8 Å². The standard InChI is InChI=1S/C22H25F2NO2/c23-11-14-26-15-16-27-21-7-3-18(4-8-21)22(19-9-12-25-13-10-19)17-1-5-20(24)6-2-17/h1-8,25H,9-16H2. The number of rotatable bonds is 8. The molecule has 0 bridgehead atoms. The van der Waals surface area contributed by atoms with Crippen LogP contribution in [0.3, 0.4) is 0 Å². The number of nitrogens with one attached hydrogen (secondary N) is 1. The average molecular weight is 373 g/mol. The summed E-state index contributed by atoms with van der Waals surface area (Å²) in [5.74, 6) is 0.517. The Kier molecular flexibility index (Phi) is 7.36. The molecule has 2 aromatic rings. The highest BCUT2D eigenvalue weighted by Gasteiger charge is 2.15. The first kappa shape index (κ1) is 19.5. The molecule has 0 aliphatic carbocycles. The zero-order valence-corrected chi connectivity index (χ0v) is 15.3. The molecule has 27 heavy (non-hydrogen) atoms. The van der Waals surface area contributed by atoms with Crippen LogP contribution in [0.4, 0.5) is 8.78 Å². The van der Waals surface area contributed by atoms with E-state index in [1.807, 2.05) is 36.4 Å². The summed E-state index contributed by atoms with van der Waals surface area (Å²) in [4.78, 5) is 0. The number of hydrogen-bond acceptors (Lipinski definition) is 3. The summed E-state index contributed by atoms with van der Waals surface area (Å²) < 4.78 is 36.1. The van der Waals surface area contributed by atoms with Crippen LogP contribution in [0, 0.1) is 5.82 Å². The van der Waals surface area contributed by atoms with Gasteiger partial charge >= 0.3 is 0 Å². The predicted octanol–water partition coefficient (Wildman–Crippen LogP) is 4.38. The Morgan fingerprint density at radius 1 is 0.852 bits per heavy atom. The zero-order chi connectivity index (χ0) is 18.9. The lowest BCUT2D eigenvalue weighted by atomic mass is 9.89. The van der Waals surface area contributed by atoms with E-state index in [-0.39, 0.29) is 12.4 Å². The third-order valence-electron chi connectivity index (χ3n) is 4.55. The summed E-state index contributed by atoms with van der Waals surface area (Å²) in [7, 11) is 0. The van der Waals surface area contributed by atoms with Gasteiger partial charge in [0.05, 0.1) is 13.2 Å². The van der Waals surface area contributed by atoms with Crippen molar-refractivity contribution in [2.24, 2.45) is 0 Å². The van der Waals surface area contributed by atoms with E-state index in [4.69, 9.17) is 9.47 Å². The van der Waals surface area contributed by atoms with Crippen molar-refractivity contribution in [3.63, 3.8) is 0 Å². The van der Waals surface area contributed by atoms with Crippen LogP contribution in [0.15, 0.2) is 54.1 Å². The van der Waals surface area contributed by atoms with Crippen molar-refractivity contribution >= 4 is 5.57 Å². The summed E-state index contributed by atoms with van der Waals surface area (Å²) in [6, 6.07) is 14.6. The van der Waals surface area contributed by atoms with Gasteiger partial charge in [-0.2, -0.15) is 0 Å². The molecule has 2 aromatic carbocycles. The predicted molar refractivity (Wildman–Crippen MR) is 103 cm³/mol. The second-order valence-electron chi connectivity index (χ2n) is 6.41. The van der Waals surface area contributed by atoms with Gasteiger partial charge in [0.2, 0.25) is 0 Å². The van der Waals surface area contributed by atoms with Gasteiger partial charge in [0, 0.05) is 0 Å². The maximum absolute atomic E-state index is 13.4. The largest absolute Gasteiger partial charge is 0.491 e. The van der Waals surface area contributed by atoms with Gasteiger partial charge in [-0.1, -0.05) is 29.8 Å². The van der Waals surface area contributed by atoms with Crippen molar-refractivity contribution in [1.29, 1.82) is 0 Å². The van der Waals surface area contributed by atoms with Crippen molar-refractivity contribution < 1.29 is 18.3 Å². The van der Waals surface area contributed by atoms with Gasteiger partial charge in [-0.3, -0.25) is 0 Å². The van der Waals surface area contributed by atoms with Crippen LogP contribution in [-0.4, -0.2) is 39.6 Å². The molecule has 5 heteroatoms. The van der Waals surface area contributed by atoms with Gasteiger partial charge in [-0.15, -0.1) is 0 Å². The fraction of sp³-hybridized carbons (Fsp3) is 0.364. The van der Waals surface area contributed by atoms with Gasteiger partial charge in [-0.25, -0.2) is 8.78 Å². The Labute approximate surface area is 159 Å². The van der Waals surface area contributed by atoms with Crippen LogP contribution in [0.5, 0.6) is 5.75 Å². The molecular weight excluding hydrogens is 348 g/mol. The maximum atomic E-state index is 13.4. The van der Waals surface area contributed by atoms with E-state index >= 15 is 0 Å². The molecule has 0 spiro atoms. The molecule has 3 rings (SSSR count). The summed E-state index contributed by atoms with van der Waals surface area (Å²) in [6.07, 6.45) is 1.97. The van der Waals surface area contributed by atoms with Crippen LogP contribution in [0.2, 0.25) is 0 Å². The van der Waals surface area contributed by atoms with Gasteiger partial charge in [0.1, 0.15) is 24.8 Å². The van der Waals surface area contributed by atoms with Crippen LogP contribution < -0.4 is 10.1 Å². The average Bonchev–Trinajstić information content (AvgIpc) is 2.71. The molecule has 1 fully saturated rings. The number of halogens is 2. The third-order valence-corrected chi connectivity index (χ3v) is 4.55. The Morgan fingerprint density at radius 2 is 1.48 bits per heavy atom. The van der Waals surface area contributed by atoms with Crippen molar-refractivity contribution in [3.8, 4) is 5.75 Å². The zero-order valence-electron chi connectivity index (χ0n) is 15.3.